The fraction of sp³-hybridized carbons (Fsp3) is 0.375. The Bertz CT molecular complexity index is 616. The predicted molar refractivity (Wildman–Crippen MR) is 81.7 cm³/mol. The summed E-state index contributed by atoms with van der Waals surface area (Å²) in [5, 5.41) is 0. The molecule has 0 spiro atoms. The van der Waals surface area contributed by atoms with Gasteiger partial charge in [-0.25, -0.2) is 9.97 Å². The van der Waals surface area contributed by atoms with Crippen LogP contribution in [-0.4, -0.2) is 16.5 Å². The zero-order chi connectivity index (χ0) is 14.1. The largest absolute Gasteiger partial charge is 0.384 e. The summed E-state index contributed by atoms with van der Waals surface area (Å²) in [7, 11) is 0. The van der Waals surface area contributed by atoms with Gasteiger partial charge in [-0.3, -0.25) is 0 Å². The molecule has 0 unspecified atom stereocenters. The summed E-state index contributed by atoms with van der Waals surface area (Å²) in [6, 6.07) is 8.47. The number of anilines is 2. The lowest BCUT2D eigenvalue weighted by molar-refractivity contribution is 0.672. The second-order valence-electron chi connectivity index (χ2n) is 5.51. The Morgan fingerprint density at radius 3 is 2.85 bits per heavy atom. The van der Waals surface area contributed by atoms with Crippen LogP contribution in [0.15, 0.2) is 24.3 Å². The number of nitrogens with two attached hydrogens (primary N) is 1. The number of nitrogens with zero attached hydrogens (tertiary/aromatic N) is 3. The van der Waals surface area contributed by atoms with Crippen molar-refractivity contribution in [3.63, 3.8) is 0 Å². The van der Waals surface area contributed by atoms with Crippen molar-refractivity contribution in [2.45, 2.75) is 33.2 Å². The highest BCUT2D eigenvalue weighted by molar-refractivity contribution is 5.56. The molecule has 0 saturated carbocycles. The molecule has 2 N–H and O–H groups in total. The van der Waals surface area contributed by atoms with Crippen molar-refractivity contribution in [2.75, 3.05) is 17.2 Å². The number of hydrogen-bond donors (Lipinski definition) is 1. The molecule has 0 bridgehead atoms. The number of rotatable bonds is 2. The summed E-state index contributed by atoms with van der Waals surface area (Å²) < 4.78 is 0. The first-order chi connectivity index (χ1) is 9.61. The van der Waals surface area contributed by atoms with E-state index in [1.165, 1.54) is 23.2 Å². The molecule has 104 valence electrons. The molecule has 3 rings (SSSR count). The maximum absolute atomic E-state index is 5.81. The van der Waals surface area contributed by atoms with Gasteiger partial charge in [0.25, 0.3) is 0 Å². The number of aromatic nitrogens is 2. The van der Waals surface area contributed by atoms with Gasteiger partial charge in [0.15, 0.2) is 0 Å². The standard InChI is InChI=1S/C16H20N4/c1-11-5-6-14-13(8-11)4-3-7-20(14)10-16-18-12(2)9-15(17)19-16/h5-6,8-9H,3-4,7,10H2,1-2H3,(H2,17,18,19). The maximum atomic E-state index is 5.81. The maximum Gasteiger partial charge on any atom is 0.150 e. The van der Waals surface area contributed by atoms with Crippen LogP contribution in [0.3, 0.4) is 0 Å². The van der Waals surface area contributed by atoms with Crippen LogP contribution >= 0.6 is 0 Å². The van der Waals surface area contributed by atoms with Crippen molar-refractivity contribution in [2.24, 2.45) is 0 Å². The Kier molecular flexibility index (Phi) is 3.30. The van der Waals surface area contributed by atoms with E-state index in [0.717, 1.165) is 31.0 Å². The Morgan fingerprint density at radius 1 is 1.20 bits per heavy atom. The highest BCUT2D eigenvalue weighted by atomic mass is 15.2. The molecule has 0 aliphatic carbocycles. The van der Waals surface area contributed by atoms with E-state index in [1.54, 1.807) is 6.07 Å². The summed E-state index contributed by atoms with van der Waals surface area (Å²) in [5.74, 6) is 1.35. The molecule has 2 aromatic rings. The number of nitrogen functional groups attached to an aromatic ring is 1. The first-order valence-corrected chi connectivity index (χ1v) is 7.06. The summed E-state index contributed by atoms with van der Waals surface area (Å²) in [6.45, 7) is 5.87. The van der Waals surface area contributed by atoms with E-state index in [9.17, 15) is 0 Å². The molecule has 1 aromatic carbocycles. The van der Waals surface area contributed by atoms with Crippen molar-refractivity contribution in [3.8, 4) is 0 Å². The second-order valence-corrected chi connectivity index (χ2v) is 5.51. The van der Waals surface area contributed by atoms with E-state index >= 15 is 0 Å². The van der Waals surface area contributed by atoms with E-state index in [4.69, 9.17) is 5.73 Å². The fourth-order valence-corrected chi connectivity index (χ4v) is 2.87. The van der Waals surface area contributed by atoms with Crippen LogP contribution in [0.2, 0.25) is 0 Å². The van der Waals surface area contributed by atoms with Gasteiger partial charge in [0.2, 0.25) is 0 Å². The molecular weight excluding hydrogens is 248 g/mol. The number of benzene rings is 1. The smallest absolute Gasteiger partial charge is 0.150 e. The molecule has 0 saturated heterocycles. The SMILES string of the molecule is Cc1ccc2c(c1)CCCN2Cc1nc(C)cc(N)n1. The molecule has 20 heavy (non-hydrogen) atoms. The van der Waals surface area contributed by atoms with Gasteiger partial charge < -0.3 is 10.6 Å². The van der Waals surface area contributed by atoms with Crippen molar-refractivity contribution in [3.05, 3.63) is 46.9 Å². The molecule has 0 fully saturated rings. The normalized spacial score (nSPS) is 14.2. The van der Waals surface area contributed by atoms with Crippen molar-refractivity contribution < 1.29 is 0 Å². The second kappa shape index (κ2) is 5.12. The van der Waals surface area contributed by atoms with Gasteiger partial charge in [0, 0.05) is 24.0 Å². The zero-order valence-electron chi connectivity index (χ0n) is 12.1. The van der Waals surface area contributed by atoms with Crippen LogP contribution in [-0.2, 0) is 13.0 Å². The van der Waals surface area contributed by atoms with E-state index in [-0.39, 0.29) is 0 Å². The van der Waals surface area contributed by atoms with Gasteiger partial charge in [-0.15, -0.1) is 0 Å². The molecule has 0 radical (unpaired) electrons. The summed E-state index contributed by atoms with van der Waals surface area (Å²) in [6.07, 6.45) is 2.34. The third-order valence-electron chi connectivity index (χ3n) is 3.70. The van der Waals surface area contributed by atoms with Gasteiger partial charge in [-0.05, 0) is 38.3 Å². The highest BCUT2D eigenvalue weighted by Crippen LogP contribution is 2.28. The van der Waals surface area contributed by atoms with Crippen molar-refractivity contribution in [1.29, 1.82) is 0 Å². The van der Waals surface area contributed by atoms with Crippen LogP contribution in [0.5, 0.6) is 0 Å². The Morgan fingerprint density at radius 2 is 2.05 bits per heavy atom. The van der Waals surface area contributed by atoms with Crippen LogP contribution in [0.4, 0.5) is 11.5 Å². The molecule has 1 aromatic heterocycles. The monoisotopic (exact) mass is 268 g/mol. The molecular formula is C16H20N4. The lowest BCUT2D eigenvalue weighted by Crippen LogP contribution is -2.29. The average Bonchev–Trinajstić information content (AvgIpc) is 2.37. The third-order valence-corrected chi connectivity index (χ3v) is 3.70. The Balaban J connectivity index is 1.89. The molecule has 4 heteroatoms. The first kappa shape index (κ1) is 12.9. The van der Waals surface area contributed by atoms with E-state index in [1.807, 2.05) is 6.92 Å². The lowest BCUT2D eigenvalue weighted by atomic mass is 9.99. The van der Waals surface area contributed by atoms with Gasteiger partial charge in [0.05, 0.1) is 6.54 Å². The van der Waals surface area contributed by atoms with Gasteiger partial charge in [-0.2, -0.15) is 0 Å². The average molecular weight is 268 g/mol. The van der Waals surface area contributed by atoms with Crippen molar-refractivity contribution >= 4 is 11.5 Å². The topological polar surface area (TPSA) is 55.0 Å². The molecule has 2 heterocycles. The number of aryl methyl sites for hydroxylation is 3. The van der Waals surface area contributed by atoms with Crippen molar-refractivity contribution in [1.82, 2.24) is 9.97 Å². The minimum Gasteiger partial charge on any atom is -0.384 e. The highest BCUT2D eigenvalue weighted by Gasteiger charge is 2.18. The minimum atomic E-state index is 0.550. The summed E-state index contributed by atoms with van der Waals surface area (Å²) >= 11 is 0. The summed E-state index contributed by atoms with van der Waals surface area (Å²) in [4.78, 5) is 11.2. The van der Waals surface area contributed by atoms with Gasteiger partial charge in [-0.1, -0.05) is 17.7 Å². The predicted octanol–water partition coefficient (Wildman–Crippen LogP) is 2.63. The lowest BCUT2D eigenvalue weighted by Gasteiger charge is -2.31. The quantitative estimate of drug-likeness (QED) is 0.909. The number of fused-ring (bicyclic) bond motifs is 1. The van der Waals surface area contributed by atoms with Crippen LogP contribution in [0.1, 0.15) is 29.1 Å². The minimum absolute atomic E-state index is 0.550. The Hall–Kier alpha value is -2.10. The number of hydrogen-bond acceptors (Lipinski definition) is 4. The molecule has 1 aliphatic rings. The molecule has 4 nitrogen and oxygen atoms in total. The van der Waals surface area contributed by atoms with Crippen LogP contribution in [0.25, 0.3) is 0 Å². The van der Waals surface area contributed by atoms with E-state index < -0.39 is 0 Å². The molecule has 0 atom stereocenters. The summed E-state index contributed by atoms with van der Waals surface area (Å²) in [5.41, 5.74) is 10.8. The third kappa shape index (κ3) is 2.59. The van der Waals surface area contributed by atoms with Crippen LogP contribution in [0, 0.1) is 13.8 Å². The van der Waals surface area contributed by atoms with E-state index in [0.29, 0.717) is 5.82 Å². The van der Waals surface area contributed by atoms with Gasteiger partial charge in [0.1, 0.15) is 11.6 Å². The van der Waals surface area contributed by atoms with Crippen LogP contribution < -0.4 is 10.6 Å². The molecule has 0 amide bonds. The first-order valence-electron chi connectivity index (χ1n) is 7.06. The van der Waals surface area contributed by atoms with Gasteiger partial charge >= 0.3 is 0 Å². The van der Waals surface area contributed by atoms with E-state index in [2.05, 4.69) is 40.0 Å². The Labute approximate surface area is 119 Å². The molecule has 1 aliphatic heterocycles. The zero-order valence-corrected chi connectivity index (χ0v) is 12.1. The fourth-order valence-electron chi connectivity index (χ4n) is 2.87.